The molecule has 172 valence electrons. The van der Waals surface area contributed by atoms with E-state index < -0.39 is 18.0 Å². The number of aromatic nitrogens is 2. The largest absolute Gasteiger partial charge is 0.449 e. The topological polar surface area (TPSA) is 94.3 Å². The first kappa shape index (κ1) is 23.2. The van der Waals surface area contributed by atoms with E-state index in [2.05, 4.69) is 15.5 Å². The summed E-state index contributed by atoms with van der Waals surface area (Å²) in [5.41, 5.74) is 3.82. The fourth-order valence-corrected chi connectivity index (χ4v) is 3.24. The molecule has 4 rings (SSSR count). The summed E-state index contributed by atoms with van der Waals surface area (Å²) < 4.78 is 11.1. The number of rotatable bonds is 7. The summed E-state index contributed by atoms with van der Waals surface area (Å²) in [6, 6.07) is 21.4. The maximum atomic E-state index is 12.5. The minimum Gasteiger partial charge on any atom is -0.449 e. The molecule has 0 spiro atoms. The summed E-state index contributed by atoms with van der Waals surface area (Å²) in [7, 11) is 0. The highest BCUT2D eigenvalue weighted by atomic mass is 35.5. The lowest BCUT2D eigenvalue weighted by atomic mass is 10.1. The monoisotopic (exact) mass is 475 g/mol. The third kappa shape index (κ3) is 5.68. The van der Waals surface area contributed by atoms with Crippen LogP contribution >= 0.6 is 11.6 Å². The number of amides is 1. The van der Waals surface area contributed by atoms with E-state index in [9.17, 15) is 9.59 Å². The van der Waals surface area contributed by atoms with Crippen LogP contribution in [0.3, 0.4) is 0 Å². The molecule has 0 aliphatic rings. The number of esters is 1. The van der Waals surface area contributed by atoms with E-state index in [-0.39, 0.29) is 0 Å². The molecule has 8 heteroatoms. The minimum atomic E-state index is -0.951. The molecule has 1 amide bonds. The van der Waals surface area contributed by atoms with Crippen LogP contribution in [0.15, 0.2) is 77.2 Å². The molecule has 0 bridgehead atoms. The average molecular weight is 476 g/mol. The number of benzene rings is 3. The average Bonchev–Trinajstić information content (AvgIpc) is 3.34. The summed E-state index contributed by atoms with van der Waals surface area (Å²) in [5.74, 6) is -0.247. The van der Waals surface area contributed by atoms with Crippen LogP contribution in [0.2, 0.25) is 5.02 Å². The Kier molecular flexibility index (Phi) is 7.04. The number of aryl methyl sites for hydroxylation is 1. The predicted octanol–water partition coefficient (Wildman–Crippen LogP) is 5.23. The van der Waals surface area contributed by atoms with Crippen molar-refractivity contribution in [1.29, 1.82) is 0 Å². The van der Waals surface area contributed by atoms with Gasteiger partial charge >= 0.3 is 5.97 Å². The van der Waals surface area contributed by atoms with Gasteiger partial charge in [0.25, 0.3) is 5.91 Å². The smallest absolute Gasteiger partial charge is 0.338 e. The van der Waals surface area contributed by atoms with Crippen molar-refractivity contribution in [1.82, 2.24) is 15.5 Å². The van der Waals surface area contributed by atoms with E-state index in [1.165, 1.54) is 6.92 Å². The first-order chi connectivity index (χ1) is 16.4. The molecule has 1 unspecified atom stereocenters. The van der Waals surface area contributed by atoms with Crippen LogP contribution < -0.4 is 5.32 Å². The zero-order valence-electron chi connectivity index (χ0n) is 18.6. The van der Waals surface area contributed by atoms with E-state index >= 15 is 0 Å². The van der Waals surface area contributed by atoms with Crippen LogP contribution in [-0.4, -0.2) is 28.2 Å². The Balaban J connectivity index is 1.34. The highest BCUT2D eigenvalue weighted by Gasteiger charge is 2.19. The van der Waals surface area contributed by atoms with Crippen LogP contribution in [0.4, 0.5) is 0 Å². The molecule has 7 nitrogen and oxygen atoms in total. The number of ether oxygens (including phenoxy) is 1. The Morgan fingerprint density at radius 2 is 1.47 bits per heavy atom. The molecule has 34 heavy (non-hydrogen) atoms. The molecule has 0 saturated carbocycles. The van der Waals surface area contributed by atoms with Gasteiger partial charge in [0.15, 0.2) is 6.10 Å². The molecule has 0 aliphatic heterocycles. The SMILES string of the molecule is Cc1ccc(-c2nnc(-c3ccc(C(=O)OC(C)C(=O)NCc4ccc(Cl)cc4)cc3)o2)cc1. The number of carbonyl (C=O) groups excluding carboxylic acids is 2. The summed E-state index contributed by atoms with van der Waals surface area (Å²) in [6.07, 6.45) is -0.951. The highest BCUT2D eigenvalue weighted by Crippen LogP contribution is 2.24. The molecular formula is C26H22ClN3O4. The number of nitrogens with zero attached hydrogens (tertiary/aromatic N) is 2. The van der Waals surface area contributed by atoms with Gasteiger partial charge in [-0.25, -0.2) is 4.79 Å². The standard InChI is InChI=1S/C26H22ClN3O4/c1-16-3-7-19(8-4-16)24-29-30-25(34-24)20-9-11-21(12-10-20)26(32)33-17(2)23(31)28-15-18-5-13-22(27)14-6-18/h3-14,17H,15H2,1-2H3,(H,28,31). The minimum absolute atomic E-state index is 0.305. The van der Waals surface area contributed by atoms with Gasteiger partial charge in [-0.1, -0.05) is 41.4 Å². The second-order valence-corrected chi connectivity index (χ2v) is 8.18. The molecular weight excluding hydrogens is 454 g/mol. The summed E-state index contributed by atoms with van der Waals surface area (Å²) in [6.45, 7) is 3.83. The van der Waals surface area contributed by atoms with Crippen molar-refractivity contribution in [2.24, 2.45) is 0 Å². The molecule has 0 aliphatic carbocycles. The van der Waals surface area contributed by atoms with Crippen molar-refractivity contribution in [3.05, 3.63) is 94.5 Å². The van der Waals surface area contributed by atoms with Crippen molar-refractivity contribution in [3.8, 4) is 22.9 Å². The third-order valence-electron chi connectivity index (χ3n) is 5.12. The molecule has 0 fully saturated rings. The van der Waals surface area contributed by atoms with Crippen molar-refractivity contribution in [2.45, 2.75) is 26.5 Å². The lowest BCUT2D eigenvalue weighted by molar-refractivity contribution is -0.129. The quantitative estimate of drug-likeness (QED) is 0.368. The van der Waals surface area contributed by atoms with Crippen molar-refractivity contribution >= 4 is 23.5 Å². The van der Waals surface area contributed by atoms with Crippen molar-refractivity contribution in [2.75, 3.05) is 0 Å². The van der Waals surface area contributed by atoms with Crippen LogP contribution in [0.5, 0.6) is 0 Å². The molecule has 0 radical (unpaired) electrons. The number of hydrogen-bond acceptors (Lipinski definition) is 6. The van der Waals surface area contributed by atoms with Gasteiger partial charge in [-0.3, -0.25) is 4.79 Å². The maximum absolute atomic E-state index is 12.5. The second-order valence-electron chi connectivity index (χ2n) is 7.75. The highest BCUT2D eigenvalue weighted by molar-refractivity contribution is 6.30. The normalized spacial score (nSPS) is 11.6. The first-order valence-electron chi connectivity index (χ1n) is 10.6. The molecule has 0 saturated heterocycles. The summed E-state index contributed by atoms with van der Waals surface area (Å²) in [4.78, 5) is 24.8. The molecule has 1 N–H and O–H groups in total. The Labute approximate surface area is 201 Å². The maximum Gasteiger partial charge on any atom is 0.338 e. The Hall–Kier alpha value is -3.97. The van der Waals surface area contributed by atoms with Gasteiger partial charge in [0.1, 0.15) is 0 Å². The van der Waals surface area contributed by atoms with E-state index in [0.717, 1.165) is 16.7 Å². The van der Waals surface area contributed by atoms with Crippen LogP contribution in [0.25, 0.3) is 22.9 Å². The van der Waals surface area contributed by atoms with Crippen molar-refractivity contribution < 1.29 is 18.7 Å². The van der Waals surface area contributed by atoms with Gasteiger partial charge in [-0.2, -0.15) is 0 Å². The van der Waals surface area contributed by atoms with E-state index in [4.69, 9.17) is 20.8 Å². The fourth-order valence-electron chi connectivity index (χ4n) is 3.12. The molecule has 3 aromatic carbocycles. The second kappa shape index (κ2) is 10.3. The number of hydrogen-bond donors (Lipinski definition) is 1. The van der Waals surface area contributed by atoms with Gasteiger partial charge in [0, 0.05) is 22.7 Å². The van der Waals surface area contributed by atoms with E-state index in [1.54, 1.807) is 36.4 Å². The zero-order chi connectivity index (χ0) is 24.1. The lowest BCUT2D eigenvalue weighted by Crippen LogP contribution is -2.35. The summed E-state index contributed by atoms with van der Waals surface area (Å²) in [5, 5.41) is 11.5. The Morgan fingerprint density at radius 3 is 2.06 bits per heavy atom. The van der Waals surface area contributed by atoms with Crippen molar-refractivity contribution in [3.63, 3.8) is 0 Å². The molecule has 1 heterocycles. The molecule has 1 atom stereocenters. The predicted molar refractivity (Wildman–Crippen MR) is 128 cm³/mol. The lowest BCUT2D eigenvalue weighted by Gasteiger charge is -2.13. The Morgan fingerprint density at radius 1 is 0.912 bits per heavy atom. The number of nitrogens with one attached hydrogen (secondary N) is 1. The fraction of sp³-hybridized carbons (Fsp3) is 0.154. The van der Waals surface area contributed by atoms with Gasteiger partial charge in [0.2, 0.25) is 11.8 Å². The first-order valence-corrected chi connectivity index (χ1v) is 11.0. The van der Waals surface area contributed by atoms with Gasteiger partial charge < -0.3 is 14.5 Å². The molecule has 1 aromatic heterocycles. The van der Waals surface area contributed by atoms with Crippen LogP contribution in [-0.2, 0) is 16.1 Å². The van der Waals surface area contributed by atoms with E-state index in [0.29, 0.717) is 34.5 Å². The third-order valence-corrected chi connectivity index (χ3v) is 5.38. The summed E-state index contributed by atoms with van der Waals surface area (Å²) >= 11 is 5.86. The van der Waals surface area contributed by atoms with Crippen LogP contribution in [0.1, 0.15) is 28.4 Å². The molecule has 4 aromatic rings. The van der Waals surface area contributed by atoms with E-state index in [1.807, 2.05) is 43.3 Å². The Bertz CT molecular complexity index is 1280. The number of carbonyl (C=O) groups is 2. The van der Waals surface area contributed by atoms with Crippen LogP contribution in [0, 0.1) is 6.92 Å². The van der Waals surface area contributed by atoms with Gasteiger partial charge in [-0.05, 0) is 67.9 Å². The number of halogens is 1. The zero-order valence-corrected chi connectivity index (χ0v) is 19.4. The van der Waals surface area contributed by atoms with Gasteiger partial charge in [-0.15, -0.1) is 10.2 Å². The van der Waals surface area contributed by atoms with Gasteiger partial charge in [0.05, 0.1) is 5.56 Å².